The summed E-state index contributed by atoms with van der Waals surface area (Å²) in [5.41, 5.74) is 14.3. The summed E-state index contributed by atoms with van der Waals surface area (Å²) in [6.07, 6.45) is 9.16. The van der Waals surface area contributed by atoms with Crippen LogP contribution in [0.15, 0.2) is 50.6 Å². The summed E-state index contributed by atoms with van der Waals surface area (Å²) in [5.74, 6) is 1.40. The minimum Gasteiger partial charge on any atom is -0.489 e. The largest absolute Gasteiger partial charge is 0.489 e. The maximum atomic E-state index is 15.4. The molecule has 5 aliphatic rings. The van der Waals surface area contributed by atoms with Crippen LogP contribution in [-0.4, -0.2) is 51.0 Å². The van der Waals surface area contributed by atoms with Gasteiger partial charge >= 0.3 is 0 Å². The van der Waals surface area contributed by atoms with Gasteiger partial charge in [0.15, 0.2) is 5.96 Å². The Morgan fingerprint density at radius 2 is 1.86 bits per heavy atom. The average Bonchev–Trinajstić information content (AvgIpc) is 3.72. The Morgan fingerprint density at radius 3 is 2.59 bits per heavy atom. The first kappa shape index (κ1) is 32.8. The monoisotopic (exact) mass is 706 g/mol. The molecule has 2 aliphatic heterocycles. The van der Waals surface area contributed by atoms with Gasteiger partial charge in [-0.15, -0.1) is 0 Å². The number of anilines is 1. The van der Waals surface area contributed by atoms with Gasteiger partial charge in [-0.05, 0) is 75.6 Å². The number of nitrogens with two attached hydrogens (primary N) is 2. The molecule has 13 heteroatoms. The van der Waals surface area contributed by atoms with E-state index in [9.17, 15) is 15.4 Å². The van der Waals surface area contributed by atoms with Gasteiger partial charge in [-0.3, -0.25) is 15.5 Å². The standard InChI is InChI=1S/C36H42N4O7S2/c1-35(42)13-4-7-23-26-29(46-32(23)35)24-17-49-48-16-20(39-34(37)38)15-36(43)14-12-22(18-8-10-19(40-44)11-9-18)25-28(41)27(30(24)47-33(25)36)31(26)45-21-5-2-3-6-21/h8-12,14,20-23,32,40,42-44H,2-7,13,15-17H2,1H3,(H4,37,38,39)/t20-,22+,23-,32+,35-,36-/m1/s1. The molecule has 3 heterocycles. The zero-order valence-corrected chi connectivity index (χ0v) is 28.9. The highest BCUT2D eigenvalue weighted by atomic mass is 33.1. The van der Waals surface area contributed by atoms with Gasteiger partial charge in [0.1, 0.15) is 39.9 Å². The molecule has 2 fully saturated rings. The molecule has 0 radical (unpaired) electrons. The summed E-state index contributed by atoms with van der Waals surface area (Å²) in [5, 5.41) is 33.9. The van der Waals surface area contributed by atoms with Gasteiger partial charge in [0.2, 0.25) is 5.43 Å². The summed E-state index contributed by atoms with van der Waals surface area (Å²) >= 11 is 0. The van der Waals surface area contributed by atoms with Crippen LogP contribution >= 0.6 is 21.6 Å². The minimum absolute atomic E-state index is 0.0600. The molecule has 49 heavy (non-hydrogen) atoms. The van der Waals surface area contributed by atoms with E-state index in [4.69, 9.17) is 25.4 Å². The Hall–Kier alpha value is -3.36. The topological polar surface area (TPSA) is 186 Å². The molecule has 3 aromatic rings. The van der Waals surface area contributed by atoms with Crippen LogP contribution in [0, 0.1) is 0 Å². The van der Waals surface area contributed by atoms with Gasteiger partial charge in [0.05, 0.1) is 29.0 Å². The average molecular weight is 707 g/mol. The fraction of sp³-hybridized carbons (Fsp3) is 0.500. The van der Waals surface area contributed by atoms with E-state index in [1.54, 1.807) is 39.8 Å². The van der Waals surface area contributed by atoms with Crippen molar-refractivity contribution in [3.63, 3.8) is 0 Å². The van der Waals surface area contributed by atoms with Crippen molar-refractivity contribution >= 4 is 44.2 Å². The van der Waals surface area contributed by atoms with Gasteiger partial charge in [-0.1, -0.05) is 39.8 Å². The molecule has 8 rings (SSSR count). The zero-order chi connectivity index (χ0) is 34.1. The molecule has 0 saturated heterocycles. The Bertz CT molecular complexity index is 1900. The number of aliphatic imine (C=N–C) groups is 1. The molecular weight excluding hydrogens is 665 g/mol. The zero-order valence-electron chi connectivity index (χ0n) is 27.3. The van der Waals surface area contributed by atoms with Crippen LogP contribution in [0.4, 0.5) is 5.69 Å². The molecule has 2 bridgehead atoms. The SMILES string of the molecule is C[C@@]1(O)CCC[C@@H]2c3c(c4c5oc6c(c(=O)c5c3OC3CCCC3)[C@H](c3ccc(NO)cc3)C=C[C@@]6(O)C[C@@H](N=C(N)N)CSSC4)O[C@@H]21. The van der Waals surface area contributed by atoms with Crippen LogP contribution in [0.25, 0.3) is 11.0 Å². The van der Waals surface area contributed by atoms with Crippen molar-refractivity contribution in [2.24, 2.45) is 16.5 Å². The van der Waals surface area contributed by atoms with Crippen LogP contribution in [0.5, 0.6) is 11.5 Å². The summed E-state index contributed by atoms with van der Waals surface area (Å²) in [4.78, 5) is 19.8. The van der Waals surface area contributed by atoms with Crippen molar-refractivity contribution in [3.8, 4) is 11.5 Å². The number of nitrogens with zero attached hydrogens (tertiary/aromatic N) is 1. The van der Waals surface area contributed by atoms with Gasteiger partial charge in [0, 0.05) is 40.9 Å². The molecule has 6 atom stereocenters. The predicted octanol–water partition coefficient (Wildman–Crippen LogP) is 5.51. The quantitative estimate of drug-likeness (QED) is 0.0644. The maximum absolute atomic E-state index is 15.4. The third-order valence-electron chi connectivity index (χ3n) is 10.9. The number of guanidine groups is 1. The Labute approximate surface area is 291 Å². The maximum Gasteiger partial charge on any atom is 0.201 e. The fourth-order valence-corrected chi connectivity index (χ4v) is 10.9. The van der Waals surface area contributed by atoms with E-state index in [0.29, 0.717) is 51.6 Å². The number of rotatable bonds is 5. The van der Waals surface area contributed by atoms with Gasteiger partial charge in [-0.2, -0.15) is 0 Å². The number of nitrogens with one attached hydrogen (secondary N) is 1. The number of hydrogen-bond donors (Lipinski definition) is 6. The number of benzene rings is 2. The number of ether oxygens (including phenoxy) is 2. The van der Waals surface area contributed by atoms with Crippen molar-refractivity contribution in [3.05, 3.63) is 74.7 Å². The molecule has 0 amide bonds. The normalized spacial score (nSPS) is 30.7. The van der Waals surface area contributed by atoms with Crippen LogP contribution < -0.4 is 31.8 Å². The minimum atomic E-state index is -1.70. The van der Waals surface area contributed by atoms with Crippen LogP contribution in [0.2, 0.25) is 0 Å². The molecule has 2 aromatic carbocycles. The van der Waals surface area contributed by atoms with Gasteiger partial charge in [0.25, 0.3) is 0 Å². The lowest BCUT2D eigenvalue weighted by Crippen LogP contribution is -2.47. The summed E-state index contributed by atoms with van der Waals surface area (Å²) in [6.45, 7) is 1.83. The number of aliphatic hydroxyl groups is 2. The van der Waals surface area contributed by atoms with E-state index < -0.39 is 29.3 Å². The van der Waals surface area contributed by atoms with Gasteiger partial charge in [-0.25, -0.2) is 4.99 Å². The van der Waals surface area contributed by atoms with E-state index in [1.165, 1.54) is 0 Å². The van der Waals surface area contributed by atoms with E-state index in [1.807, 2.05) is 25.1 Å². The molecule has 260 valence electrons. The highest BCUT2D eigenvalue weighted by Gasteiger charge is 2.52. The van der Waals surface area contributed by atoms with Crippen molar-refractivity contribution in [1.82, 2.24) is 0 Å². The smallest absolute Gasteiger partial charge is 0.201 e. The van der Waals surface area contributed by atoms with E-state index >= 15 is 4.79 Å². The van der Waals surface area contributed by atoms with Crippen LogP contribution in [0.1, 0.15) is 98.1 Å². The van der Waals surface area contributed by atoms with Crippen molar-refractivity contribution in [2.75, 3.05) is 11.2 Å². The van der Waals surface area contributed by atoms with Crippen molar-refractivity contribution in [2.45, 2.75) is 105 Å². The molecule has 1 aromatic heterocycles. The lowest BCUT2D eigenvalue weighted by Gasteiger charge is -2.37. The van der Waals surface area contributed by atoms with Gasteiger partial charge < -0.3 is 35.6 Å². The highest BCUT2D eigenvalue weighted by Crippen LogP contribution is 2.58. The first-order valence-electron chi connectivity index (χ1n) is 17.1. The molecular formula is C36H42N4O7S2. The summed E-state index contributed by atoms with van der Waals surface area (Å²) in [6, 6.07) is 6.65. The molecule has 8 N–H and O–H groups in total. The molecule has 0 unspecified atom stereocenters. The number of allylic oxidation sites excluding steroid dienone is 1. The van der Waals surface area contributed by atoms with E-state index in [2.05, 4.69) is 10.5 Å². The second-order valence-corrected chi connectivity index (χ2v) is 16.8. The number of hydrogen-bond acceptors (Lipinski definition) is 11. The third kappa shape index (κ3) is 5.58. The second-order valence-electron chi connectivity index (χ2n) is 14.3. The second kappa shape index (κ2) is 12.4. The van der Waals surface area contributed by atoms with Crippen molar-refractivity contribution in [1.29, 1.82) is 0 Å². The Kier molecular flexibility index (Phi) is 8.34. The highest BCUT2D eigenvalue weighted by molar-refractivity contribution is 8.76. The number of fused-ring (bicyclic) bond motifs is 4. The first-order valence-corrected chi connectivity index (χ1v) is 19.6. The van der Waals surface area contributed by atoms with Crippen molar-refractivity contribution < 1.29 is 29.3 Å². The summed E-state index contributed by atoms with van der Waals surface area (Å²) < 4.78 is 20.6. The predicted molar refractivity (Wildman–Crippen MR) is 192 cm³/mol. The van der Waals surface area contributed by atoms with Crippen LogP contribution in [-0.2, 0) is 11.4 Å². The molecule has 2 saturated carbocycles. The molecule has 11 nitrogen and oxygen atoms in total. The third-order valence-corrected chi connectivity index (χ3v) is 13.2. The lowest BCUT2D eigenvalue weighted by atomic mass is 9.74. The van der Waals surface area contributed by atoms with E-state index in [-0.39, 0.29) is 35.6 Å². The van der Waals surface area contributed by atoms with E-state index in [0.717, 1.165) is 55.2 Å². The first-order chi connectivity index (χ1) is 23.6. The Morgan fingerprint density at radius 1 is 1.08 bits per heavy atom. The lowest BCUT2D eigenvalue weighted by molar-refractivity contribution is -0.0727. The Balaban J connectivity index is 1.43. The summed E-state index contributed by atoms with van der Waals surface area (Å²) in [7, 11) is 3.16. The molecule has 0 spiro atoms. The van der Waals surface area contributed by atoms with Crippen LogP contribution in [0.3, 0.4) is 0 Å². The molecule has 3 aliphatic carbocycles. The fourth-order valence-electron chi connectivity index (χ4n) is 8.58.